The van der Waals surface area contributed by atoms with Crippen LogP contribution in [0.5, 0.6) is 0 Å². The molecule has 0 saturated heterocycles. The summed E-state index contributed by atoms with van der Waals surface area (Å²) in [6.45, 7) is 4.67. The average Bonchev–Trinajstić information content (AvgIpc) is 2.85. The molecule has 0 aliphatic carbocycles. The van der Waals surface area contributed by atoms with Gasteiger partial charge < -0.3 is 4.90 Å². The summed E-state index contributed by atoms with van der Waals surface area (Å²) in [5.41, 5.74) is 1.18. The Bertz CT molecular complexity index is 554. The topological polar surface area (TPSA) is 20.3 Å². The molecular weight excluding hydrogens is 286 g/mol. The van der Waals surface area contributed by atoms with Gasteiger partial charge in [-0.05, 0) is 37.6 Å². The van der Waals surface area contributed by atoms with Crippen LogP contribution in [-0.2, 0) is 6.54 Å². The van der Waals surface area contributed by atoms with E-state index in [1.807, 2.05) is 39.1 Å². The Kier molecular flexibility index (Phi) is 4.10. The second-order valence-corrected chi connectivity index (χ2v) is 7.27. The van der Waals surface area contributed by atoms with Crippen molar-refractivity contribution in [2.24, 2.45) is 0 Å². The van der Waals surface area contributed by atoms with E-state index < -0.39 is 0 Å². The molecule has 18 heavy (non-hydrogen) atoms. The lowest BCUT2D eigenvalue weighted by Gasteiger charge is -2.14. The fraction of sp³-hybridized carbons (Fsp3) is 0.308. The molecule has 0 aromatic carbocycles. The zero-order valence-electron chi connectivity index (χ0n) is 10.5. The minimum atomic E-state index is 0.0701. The predicted molar refractivity (Wildman–Crippen MR) is 78.9 cm³/mol. The molecule has 1 amide bonds. The van der Waals surface area contributed by atoms with Crippen LogP contribution in [0.25, 0.3) is 0 Å². The molecule has 0 aliphatic rings. The number of halogens is 1. The first-order valence-electron chi connectivity index (χ1n) is 5.54. The van der Waals surface area contributed by atoms with Crippen molar-refractivity contribution in [3.05, 3.63) is 42.7 Å². The first kappa shape index (κ1) is 13.6. The van der Waals surface area contributed by atoms with Gasteiger partial charge in [-0.3, -0.25) is 4.79 Å². The highest BCUT2D eigenvalue weighted by Crippen LogP contribution is 2.25. The lowest BCUT2D eigenvalue weighted by Crippen LogP contribution is -2.24. The summed E-state index contributed by atoms with van der Waals surface area (Å²) in [6.07, 6.45) is 0. The van der Waals surface area contributed by atoms with Crippen molar-refractivity contribution >= 4 is 40.2 Å². The number of nitrogens with zero attached hydrogens (tertiary/aromatic N) is 1. The van der Waals surface area contributed by atoms with Gasteiger partial charge in [0.25, 0.3) is 5.91 Å². The highest BCUT2D eigenvalue weighted by molar-refractivity contribution is 7.16. The molecule has 0 unspecified atom stereocenters. The van der Waals surface area contributed by atoms with Gasteiger partial charge in [-0.1, -0.05) is 11.6 Å². The number of carbonyl (C=O) groups excluding carboxylic acids is 1. The molecule has 2 rings (SSSR count). The Labute approximate surface area is 120 Å². The van der Waals surface area contributed by atoms with Crippen molar-refractivity contribution in [1.82, 2.24) is 4.90 Å². The first-order chi connectivity index (χ1) is 8.47. The van der Waals surface area contributed by atoms with Gasteiger partial charge in [0.1, 0.15) is 0 Å². The monoisotopic (exact) mass is 299 g/mol. The van der Waals surface area contributed by atoms with Gasteiger partial charge in [-0.15, -0.1) is 22.7 Å². The van der Waals surface area contributed by atoms with E-state index in [1.165, 1.54) is 21.8 Å². The van der Waals surface area contributed by atoms with Crippen molar-refractivity contribution < 1.29 is 4.79 Å². The summed E-state index contributed by atoms with van der Waals surface area (Å²) < 4.78 is 0.758. The van der Waals surface area contributed by atoms with Crippen LogP contribution in [0.2, 0.25) is 4.34 Å². The molecule has 2 aromatic rings. The smallest absolute Gasteiger partial charge is 0.264 e. The molecule has 0 bridgehead atoms. The van der Waals surface area contributed by atoms with Gasteiger partial charge in [-0.2, -0.15) is 0 Å². The fourth-order valence-electron chi connectivity index (χ4n) is 1.61. The van der Waals surface area contributed by atoms with Crippen LogP contribution in [0.3, 0.4) is 0 Å². The summed E-state index contributed by atoms with van der Waals surface area (Å²) in [6, 6.07) is 5.78. The van der Waals surface area contributed by atoms with E-state index in [4.69, 9.17) is 11.6 Å². The third-order valence-electron chi connectivity index (χ3n) is 2.75. The van der Waals surface area contributed by atoms with E-state index in [-0.39, 0.29) is 5.91 Å². The summed E-state index contributed by atoms with van der Waals surface area (Å²) in [4.78, 5) is 17.1. The highest BCUT2D eigenvalue weighted by Gasteiger charge is 2.15. The molecule has 5 heteroatoms. The minimum absolute atomic E-state index is 0.0701. The lowest BCUT2D eigenvalue weighted by molar-refractivity contribution is 0.0791. The van der Waals surface area contributed by atoms with Gasteiger partial charge in [-0.25, -0.2) is 0 Å². The van der Waals surface area contributed by atoms with Crippen molar-refractivity contribution in [2.75, 3.05) is 7.05 Å². The summed E-state index contributed by atoms with van der Waals surface area (Å²) in [5, 5.41) is 0. The van der Waals surface area contributed by atoms with Gasteiger partial charge in [0.15, 0.2) is 0 Å². The van der Waals surface area contributed by atoms with E-state index in [0.29, 0.717) is 6.54 Å². The molecule has 0 atom stereocenters. The Morgan fingerprint density at radius 1 is 1.33 bits per heavy atom. The molecule has 0 fully saturated rings. The number of carbonyl (C=O) groups is 1. The van der Waals surface area contributed by atoms with Crippen molar-refractivity contribution in [1.29, 1.82) is 0 Å². The van der Waals surface area contributed by atoms with Crippen LogP contribution in [-0.4, -0.2) is 17.9 Å². The van der Waals surface area contributed by atoms with E-state index in [1.54, 1.807) is 16.2 Å². The standard InChI is InChI=1S/C13H14ClNOS2/c1-8-6-11(17-9(8)2)13(16)15(3)7-10-4-5-12(14)18-10/h4-6H,7H2,1-3H3. The number of amides is 1. The Morgan fingerprint density at radius 2 is 2.06 bits per heavy atom. The molecule has 0 radical (unpaired) electrons. The normalized spacial score (nSPS) is 10.7. The summed E-state index contributed by atoms with van der Waals surface area (Å²) in [7, 11) is 1.82. The molecular formula is C13H14ClNOS2. The third-order valence-corrected chi connectivity index (χ3v) is 5.10. The van der Waals surface area contributed by atoms with E-state index >= 15 is 0 Å². The molecule has 0 N–H and O–H groups in total. The number of hydrogen-bond acceptors (Lipinski definition) is 3. The second-order valence-electron chi connectivity index (χ2n) is 4.22. The minimum Gasteiger partial charge on any atom is -0.336 e. The first-order valence-corrected chi connectivity index (χ1v) is 7.55. The van der Waals surface area contributed by atoms with Gasteiger partial charge in [0.2, 0.25) is 0 Å². The highest BCUT2D eigenvalue weighted by atomic mass is 35.5. The van der Waals surface area contributed by atoms with Crippen LogP contribution >= 0.6 is 34.3 Å². The summed E-state index contributed by atoms with van der Waals surface area (Å²) >= 11 is 8.95. The zero-order valence-corrected chi connectivity index (χ0v) is 12.9. The van der Waals surface area contributed by atoms with Gasteiger partial charge in [0.05, 0.1) is 15.8 Å². The second kappa shape index (κ2) is 5.43. The average molecular weight is 300 g/mol. The SMILES string of the molecule is Cc1cc(C(=O)N(C)Cc2ccc(Cl)s2)sc1C. The van der Waals surface area contributed by atoms with Crippen LogP contribution < -0.4 is 0 Å². The Morgan fingerprint density at radius 3 is 2.56 bits per heavy atom. The fourth-order valence-corrected chi connectivity index (χ4v) is 3.78. The maximum absolute atomic E-state index is 12.2. The maximum Gasteiger partial charge on any atom is 0.264 e. The van der Waals surface area contributed by atoms with E-state index in [2.05, 4.69) is 0 Å². The maximum atomic E-state index is 12.2. The molecule has 2 nitrogen and oxygen atoms in total. The van der Waals surface area contributed by atoms with Gasteiger partial charge in [0, 0.05) is 16.8 Å². The number of hydrogen-bond donors (Lipinski definition) is 0. The Balaban J connectivity index is 2.09. The largest absolute Gasteiger partial charge is 0.336 e. The van der Waals surface area contributed by atoms with Crippen LogP contribution in [0, 0.1) is 13.8 Å². The number of rotatable bonds is 3. The van der Waals surface area contributed by atoms with Crippen molar-refractivity contribution in [3.8, 4) is 0 Å². The molecule has 0 saturated carbocycles. The molecule has 96 valence electrons. The number of aryl methyl sites for hydroxylation is 2. The molecule has 0 aliphatic heterocycles. The van der Waals surface area contributed by atoms with Crippen molar-refractivity contribution in [2.45, 2.75) is 20.4 Å². The van der Waals surface area contributed by atoms with E-state index in [0.717, 1.165) is 14.1 Å². The molecule has 0 spiro atoms. The number of thiophene rings is 2. The molecule has 2 aromatic heterocycles. The third kappa shape index (κ3) is 2.94. The van der Waals surface area contributed by atoms with Crippen LogP contribution in [0.15, 0.2) is 18.2 Å². The Hall–Kier alpha value is -0.840. The lowest BCUT2D eigenvalue weighted by atomic mass is 10.2. The predicted octanol–water partition coefficient (Wildman–Crippen LogP) is 4.35. The van der Waals surface area contributed by atoms with E-state index in [9.17, 15) is 4.79 Å². The van der Waals surface area contributed by atoms with Gasteiger partial charge >= 0.3 is 0 Å². The summed E-state index contributed by atoms with van der Waals surface area (Å²) in [5.74, 6) is 0.0701. The zero-order chi connectivity index (χ0) is 13.3. The van der Waals surface area contributed by atoms with Crippen LogP contribution in [0.4, 0.5) is 0 Å². The van der Waals surface area contributed by atoms with Crippen LogP contribution in [0.1, 0.15) is 25.0 Å². The molecule has 2 heterocycles. The quantitative estimate of drug-likeness (QED) is 0.825. The van der Waals surface area contributed by atoms with Crippen molar-refractivity contribution in [3.63, 3.8) is 0 Å².